The number of nitrogens with zero attached hydrogens (tertiary/aromatic N) is 2. The van der Waals surface area contributed by atoms with Gasteiger partial charge in [-0.15, -0.1) is 10.2 Å². The minimum absolute atomic E-state index is 0.234. The van der Waals surface area contributed by atoms with E-state index in [-0.39, 0.29) is 5.91 Å². The zero-order valence-electron chi connectivity index (χ0n) is 11.9. The van der Waals surface area contributed by atoms with Gasteiger partial charge in [-0.25, -0.2) is 0 Å². The molecule has 0 spiro atoms. The normalized spacial score (nSPS) is 11.9. The maximum absolute atomic E-state index is 12.0. The van der Waals surface area contributed by atoms with E-state index >= 15 is 0 Å². The van der Waals surface area contributed by atoms with Gasteiger partial charge in [-0.05, 0) is 25.5 Å². The molecule has 1 aromatic heterocycles. The number of anilines is 1. The van der Waals surface area contributed by atoms with Gasteiger partial charge in [0.25, 0.3) is 5.91 Å². The van der Waals surface area contributed by atoms with Crippen molar-refractivity contribution < 1.29 is 9.53 Å². The Morgan fingerprint density at radius 1 is 1.38 bits per heavy atom. The molecule has 1 atom stereocenters. The molecule has 7 heteroatoms. The molecule has 0 saturated heterocycles. The molecule has 2 rings (SSSR count). The Hall–Kier alpha value is -1.60. The van der Waals surface area contributed by atoms with E-state index in [1.807, 2.05) is 30.3 Å². The molecule has 0 aliphatic carbocycles. The third-order valence-electron chi connectivity index (χ3n) is 2.49. The van der Waals surface area contributed by atoms with Crippen molar-refractivity contribution in [1.29, 1.82) is 0 Å². The number of carbonyl (C=O) groups is 1. The zero-order valence-corrected chi connectivity index (χ0v) is 13.5. The first-order valence-corrected chi connectivity index (χ1v) is 8.48. The summed E-state index contributed by atoms with van der Waals surface area (Å²) in [5, 5.41) is 11.2. The fourth-order valence-corrected chi connectivity index (χ4v) is 3.15. The van der Waals surface area contributed by atoms with E-state index in [0.717, 1.165) is 16.5 Å². The molecule has 1 N–H and O–H groups in total. The van der Waals surface area contributed by atoms with Gasteiger partial charge >= 0.3 is 0 Å². The van der Waals surface area contributed by atoms with Gasteiger partial charge in [0.05, 0.1) is 0 Å². The average Bonchev–Trinajstić information content (AvgIpc) is 2.93. The van der Waals surface area contributed by atoms with Gasteiger partial charge in [-0.1, -0.05) is 48.2 Å². The third kappa shape index (κ3) is 5.02. The number of carbonyl (C=O) groups excluding carboxylic acids is 1. The molecule has 0 unspecified atom stereocenters. The standard InChI is InChI=1S/C14H17N3O2S2/c1-3-9-20-14-17-16-13(21-14)15-12(18)10(2)19-11-7-5-4-6-8-11/h4-8,10H,3,9H2,1-2H3,(H,15,16,18)/t10-/m1/s1. The predicted molar refractivity (Wildman–Crippen MR) is 86.1 cm³/mol. The van der Waals surface area contributed by atoms with Crippen LogP contribution in [-0.2, 0) is 4.79 Å². The summed E-state index contributed by atoms with van der Waals surface area (Å²) >= 11 is 3.02. The molecule has 1 aromatic carbocycles. The second-order valence-electron chi connectivity index (χ2n) is 4.28. The van der Waals surface area contributed by atoms with Gasteiger partial charge in [0, 0.05) is 5.75 Å². The van der Waals surface area contributed by atoms with E-state index < -0.39 is 6.10 Å². The summed E-state index contributed by atoms with van der Waals surface area (Å²) in [5.74, 6) is 1.43. The highest BCUT2D eigenvalue weighted by molar-refractivity contribution is 8.01. The van der Waals surface area contributed by atoms with Gasteiger partial charge in [0.15, 0.2) is 10.4 Å². The monoisotopic (exact) mass is 323 g/mol. The molecule has 0 bridgehead atoms. The van der Waals surface area contributed by atoms with Crippen LogP contribution in [-0.4, -0.2) is 28.0 Å². The lowest BCUT2D eigenvalue weighted by Gasteiger charge is -2.13. The van der Waals surface area contributed by atoms with Gasteiger partial charge < -0.3 is 4.74 Å². The number of hydrogen-bond donors (Lipinski definition) is 1. The molecular formula is C14H17N3O2S2. The number of amides is 1. The summed E-state index contributed by atoms with van der Waals surface area (Å²) < 4.78 is 6.42. The lowest BCUT2D eigenvalue weighted by Crippen LogP contribution is -2.30. The van der Waals surface area contributed by atoms with Crippen molar-refractivity contribution in [3.63, 3.8) is 0 Å². The first-order chi connectivity index (χ1) is 10.2. The Labute approximate surface area is 132 Å². The Balaban J connectivity index is 1.87. The lowest BCUT2D eigenvalue weighted by molar-refractivity contribution is -0.122. The molecule has 1 heterocycles. The molecule has 21 heavy (non-hydrogen) atoms. The van der Waals surface area contributed by atoms with Crippen LogP contribution in [0, 0.1) is 0 Å². The Morgan fingerprint density at radius 2 is 2.14 bits per heavy atom. The van der Waals surface area contributed by atoms with Gasteiger partial charge in [0.2, 0.25) is 5.13 Å². The van der Waals surface area contributed by atoms with Crippen molar-refractivity contribution >= 4 is 34.1 Å². The molecule has 0 saturated carbocycles. The van der Waals surface area contributed by atoms with E-state index in [4.69, 9.17) is 4.74 Å². The number of para-hydroxylation sites is 1. The van der Waals surface area contributed by atoms with Crippen LogP contribution in [0.1, 0.15) is 20.3 Å². The summed E-state index contributed by atoms with van der Waals surface area (Å²) in [6, 6.07) is 9.25. The molecular weight excluding hydrogens is 306 g/mol. The molecule has 0 radical (unpaired) electrons. The Morgan fingerprint density at radius 3 is 2.86 bits per heavy atom. The second-order valence-corrected chi connectivity index (χ2v) is 6.60. The van der Waals surface area contributed by atoms with Crippen LogP contribution in [0.4, 0.5) is 5.13 Å². The Kier molecular flexibility index (Phi) is 6.01. The van der Waals surface area contributed by atoms with Crippen LogP contribution in [0.5, 0.6) is 5.75 Å². The summed E-state index contributed by atoms with van der Waals surface area (Å²) in [5.41, 5.74) is 0. The van der Waals surface area contributed by atoms with Crippen LogP contribution in [0.25, 0.3) is 0 Å². The van der Waals surface area contributed by atoms with Crippen LogP contribution >= 0.6 is 23.1 Å². The van der Waals surface area contributed by atoms with E-state index in [2.05, 4.69) is 22.4 Å². The average molecular weight is 323 g/mol. The molecule has 112 valence electrons. The van der Waals surface area contributed by atoms with Crippen molar-refractivity contribution in [3.8, 4) is 5.75 Å². The van der Waals surface area contributed by atoms with Crippen LogP contribution in [0.3, 0.4) is 0 Å². The maximum atomic E-state index is 12.0. The summed E-state index contributed by atoms with van der Waals surface area (Å²) in [7, 11) is 0. The topological polar surface area (TPSA) is 64.1 Å². The van der Waals surface area contributed by atoms with Crippen LogP contribution < -0.4 is 10.1 Å². The molecule has 0 aliphatic heterocycles. The molecule has 0 fully saturated rings. The van der Waals surface area contributed by atoms with E-state index in [9.17, 15) is 4.79 Å². The lowest BCUT2D eigenvalue weighted by atomic mass is 10.3. The summed E-state index contributed by atoms with van der Waals surface area (Å²) in [6.45, 7) is 3.81. The maximum Gasteiger partial charge on any atom is 0.266 e. The van der Waals surface area contributed by atoms with E-state index in [1.165, 1.54) is 11.3 Å². The smallest absolute Gasteiger partial charge is 0.266 e. The SMILES string of the molecule is CCCSc1nnc(NC(=O)[C@@H](C)Oc2ccccc2)s1. The highest BCUT2D eigenvalue weighted by Gasteiger charge is 2.16. The number of nitrogens with one attached hydrogen (secondary N) is 1. The first-order valence-electron chi connectivity index (χ1n) is 6.68. The largest absolute Gasteiger partial charge is 0.481 e. The fraction of sp³-hybridized carbons (Fsp3) is 0.357. The molecule has 1 amide bonds. The minimum Gasteiger partial charge on any atom is -0.481 e. The van der Waals surface area contributed by atoms with Crippen molar-refractivity contribution in [2.75, 3.05) is 11.1 Å². The number of hydrogen-bond acceptors (Lipinski definition) is 6. The van der Waals surface area contributed by atoms with Crippen molar-refractivity contribution in [3.05, 3.63) is 30.3 Å². The summed E-state index contributed by atoms with van der Waals surface area (Å²) in [6.07, 6.45) is 0.483. The number of benzene rings is 1. The van der Waals surface area contributed by atoms with E-state index in [1.54, 1.807) is 18.7 Å². The number of rotatable bonds is 7. The quantitative estimate of drug-likeness (QED) is 0.624. The molecule has 0 aliphatic rings. The second kappa shape index (κ2) is 7.99. The van der Waals surface area contributed by atoms with Crippen LogP contribution in [0.15, 0.2) is 34.7 Å². The van der Waals surface area contributed by atoms with Gasteiger partial charge in [-0.3, -0.25) is 10.1 Å². The Bertz CT molecular complexity index is 575. The number of thioether (sulfide) groups is 1. The highest BCUT2D eigenvalue weighted by Crippen LogP contribution is 2.26. The van der Waals surface area contributed by atoms with Crippen molar-refractivity contribution in [2.45, 2.75) is 30.7 Å². The fourth-order valence-electron chi connectivity index (χ4n) is 1.47. The van der Waals surface area contributed by atoms with Gasteiger partial charge in [-0.2, -0.15) is 0 Å². The predicted octanol–water partition coefficient (Wildman–Crippen LogP) is 3.45. The molecule has 5 nitrogen and oxygen atoms in total. The summed E-state index contributed by atoms with van der Waals surface area (Å²) in [4.78, 5) is 12.0. The minimum atomic E-state index is -0.594. The van der Waals surface area contributed by atoms with E-state index in [0.29, 0.717) is 10.9 Å². The zero-order chi connectivity index (χ0) is 15.1. The number of aromatic nitrogens is 2. The first kappa shape index (κ1) is 15.8. The highest BCUT2D eigenvalue weighted by atomic mass is 32.2. The van der Waals surface area contributed by atoms with Crippen molar-refractivity contribution in [2.24, 2.45) is 0 Å². The third-order valence-corrected chi connectivity index (χ3v) is 4.67. The van der Waals surface area contributed by atoms with Gasteiger partial charge in [0.1, 0.15) is 5.75 Å². The van der Waals surface area contributed by atoms with Crippen LogP contribution in [0.2, 0.25) is 0 Å². The molecule has 2 aromatic rings. The van der Waals surface area contributed by atoms with Crippen molar-refractivity contribution in [1.82, 2.24) is 10.2 Å². The number of ether oxygens (including phenoxy) is 1.